The predicted molar refractivity (Wildman–Crippen MR) is 85.0 cm³/mol. The van der Waals surface area contributed by atoms with Crippen LogP contribution in [0.5, 0.6) is 0 Å². The highest BCUT2D eigenvalue weighted by atomic mass is 32.1. The van der Waals surface area contributed by atoms with E-state index < -0.39 is 0 Å². The summed E-state index contributed by atoms with van der Waals surface area (Å²) in [6.07, 6.45) is 5.54. The number of nitrogens with two attached hydrogens (primary N) is 1. The highest BCUT2D eigenvalue weighted by Crippen LogP contribution is 2.36. The summed E-state index contributed by atoms with van der Waals surface area (Å²) in [6, 6.07) is 3.87. The van der Waals surface area contributed by atoms with Gasteiger partial charge in [-0.05, 0) is 24.5 Å². The molecule has 7 heteroatoms. The van der Waals surface area contributed by atoms with Gasteiger partial charge in [0.1, 0.15) is 10.8 Å². The van der Waals surface area contributed by atoms with Gasteiger partial charge in [-0.2, -0.15) is 9.47 Å². The van der Waals surface area contributed by atoms with Crippen LogP contribution in [0.1, 0.15) is 11.3 Å². The van der Waals surface area contributed by atoms with E-state index in [1.807, 2.05) is 37.0 Å². The number of hydrogen-bond acceptors (Lipinski definition) is 6. The molecule has 0 aliphatic rings. The molecular weight excluding hydrogens is 284 g/mol. The van der Waals surface area contributed by atoms with Crippen molar-refractivity contribution >= 4 is 22.4 Å². The highest BCUT2D eigenvalue weighted by Gasteiger charge is 2.14. The monoisotopic (exact) mass is 300 g/mol. The lowest BCUT2D eigenvalue weighted by Crippen LogP contribution is -2.00. The Morgan fingerprint density at radius 1 is 1.43 bits per heavy atom. The third-order valence-corrected chi connectivity index (χ3v) is 4.04. The molecule has 6 nitrogen and oxygen atoms in total. The van der Waals surface area contributed by atoms with Crippen LogP contribution in [-0.4, -0.2) is 19.1 Å². The summed E-state index contributed by atoms with van der Waals surface area (Å²) >= 11 is 1.36. The Balaban J connectivity index is 1.85. The first kappa shape index (κ1) is 13.6. The van der Waals surface area contributed by atoms with Crippen LogP contribution in [0.4, 0.5) is 10.8 Å². The molecule has 0 aliphatic carbocycles. The Morgan fingerprint density at radius 2 is 2.29 bits per heavy atom. The van der Waals surface area contributed by atoms with E-state index in [9.17, 15) is 0 Å². The van der Waals surface area contributed by atoms with Gasteiger partial charge in [0.2, 0.25) is 0 Å². The summed E-state index contributed by atoms with van der Waals surface area (Å²) in [5, 5.41) is 8.68. The molecule has 21 heavy (non-hydrogen) atoms. The molecule has 0 amide bonds. The number of nitrogens with zero attached hydrogens (tertiary/aromatic N) is 4. The van der Waals surface area contributed by atoms with Gasteiger partial charge in [-0.15, -0.1) is 0 Å². The molecule has 3 rings (SSSR count). The quantitative estimate of drug-likeness (QED) is 0.773. The van der Waals surface area contributed by atoms with Gasteiger partial charge < -0.3 is 11.1 Å². The first-order valence-corrected chi connectivity index (χ1v) is 7.31. The van der Waals surface area contributed by atoms with E-state index in [1.165, 1.54) is 11.5 Å². The van der Waals surface area contributed by atoms with Gasteiger partial charge in [-0.1, -0.05) is 6.07 Å². The molecule has 0 atom stereocenters. The van der Waals surface area contributed by atoms with E-state index in [1.54, 1.807) is 12.4 Å². The number of nitrogen functional groups attached to an aromatic ring is 1. The molecule has 0 bridgehead atoms. The molecule has 0 spiro atoms. The number of pyridine rings is 1. The zero-order chi connectivity index (χ0) is 14.8. The fourth-order valence-corrected chi connectivity index (χ4v) is 2.94. The van der Waals surface area contributed by atoms with Gasteiger partial charge in [0.15, 0.2) is 0 Å². The van der Waals surface area contributed by atoms with Crippen molar-refractivity contribution in [2.24, 2.45) is 7.05 Å². The van der Waals surface area contributed by atoms with Gasteiger partial charge in [0.25, 0.3) is 0 Å². The van der Waals surface area contributed by atoms with E-state index in [0.29, 0.717) is 12.4 Å². The maximum Gasteiger partial charge on any atom is 0.147 e. The first-order valence-electron chi connectivity index (χ1n) is 6.53. The standard InChI is InChI=1S/C14H16N6S/c1-9-11(8-20(2)18-9)7-17-14-12(13(15)19-21-14)10-4-3-5-16-6-10/h3-6,8,17H,7H2,1-2H3,(H2,15,19). The topological polar surface area (TPSA) is 81.7 Å². The molecule has 3 aromatic rings. The predicted octanol–water partition coefficient (Wildman–Crippen LogP) is 2.44. The summed E-state index contributed by atoms with van der Waals surface area (Å²) < 4.78 is 6.06. The number of nitrogens with one attached hydrogen (secondary N) is 1. The zero-order valence-corrected chi connectivity index (χ0v) is 12.7. The van der Waals surface area contributed by atoms with Crippen molar-refractivity contribution in [1.82, 2.24) is 19.1 Å². The number of anilines is 2. The summed E-state index contributed by atoms with van der Waals surface area (Å²) in [7, 11) is 1.92. The van der Waals surface area contributed by atoms with Crippen molar-refractivity contribution < 1.29 is 0 Å². The van der Waals surface area contributed by atoms with Crippen molar-refractivity contribution in [3.8, 4) is 11.1 Å². The molecule has 3 N–H and O–H groups in total. The van der Waals surface area contributed by atoms with Crippen molar-refractivity contribution in [2.45, 2.75) is 13.5 Å². The maximum atomic E-state index is 5.99. The Morgan fingerprint density at radius 3 is 2.95 bits per heavy atom. The van der Waals surface area contributed by atoms with Crippen LogP contribution in [0.25, 0.3) is 11.1 Å². The van der Waals surface area contributed by atoms with Crippen LogP contribution < -0.4 is 11.1 Å². The molecule has 0 aliphatic heterocycles. The maximum absolute atomic E-state index is 5.99. The van der Waals surface area contributed by atoms with Crippen LogP contribution in [0, 0.1) is 6.92 Å². The smallest absolute Gasteiger partial charge is 0.147 e. The van der Waals surface area contributed by atoms with Crippen LogP contribution in [0.2, 0.25) is 0 Å². The number of aromatic nitrogens is 4. The van der Waals surface area contributed by atoms with E-state index >= 15 is 0 Å². The van der Waals surface area contributed by atoms with Crippen LogP contribution in [0.15, 0.2) is 30.7 Å². The molecule has 3 aromatic heterocycles. The van der Waals surface area contributed by atoms with Crippen molar-refractivity contribution in [1.29, 1.82) is 0 Å². The van der Waals surface area contributed by atoms with Crippen LogP contribution in [0.3, 0.4) is 0 Å². The summed E-state index contributed by atoms with van der Waals surface area (Å²) in [6.45, 7) is 2.69. The molecule has 108 valence electrons. The van der Waals surface area contributed by atoms with Gasteiger partial charge in [0, 0.05) is 43.3 Å². The van der Waals surface area contributed by atoms with E-state index in [0.717, 1.165) is 27.4 Å². The molecule has 0 aromatic carbocycles. The third kappa shape index (κ3) is 2.73. The van der Waals surface area contributed by atoms with E-state index in [2.05, 4.69) is 19.8 Å². The molecule has 0 radical (unpaired) electrons. The first-order chi connectivity index (χ1) is 10.1. The Bertz CT molecular complexity index is 746. The fraction of sp³-hybridized carbons (Fsp3) is 0.214. The second-order valence-electron chi connectivity index (χ2n) is 4.78. The number of rotatable bonds is 4. The minimum Gasteiger partial charge on any atom is -0.382 e. The molecule has 0 saturated heterocycles. The number of aryl methyl sites for hydroxylation is 2. The summed E-state index contributed by atoms with van der Waals surface area (Å²) in [4.78, 5) is 4.14. The van der Waals surface area contributed by atoms with Crippen LogP contribution >= 0.6 is 11.5 Å². The summed E-state index contributed by atoms with van der Waals surface area (Å²) in [5.74, 6) is 0.526. The Hall–Kier alpha value is -2.41. The molecule has 0 fully saturated rings. The lowest BCUT2D eigenvalue weighted by Gasteiger charge is -2.06. The SMILES string of the molecule is Cc1nn(C)cc1CNc1snc(N)c1-c1cccnc1. The van der Waals surface area contributed by atoms with Gasteiger partial charge in [-0.25, -0.2) is 0 Å². The Kier molecular flexibility index (Phi) is 3.57. The minimum absolute atomic E-state index is 0.526. The normalized spacial score (nSPS) is 10.8. The van der Waals surface area contributed by atoms with E-state index in [-0.39, 0.29) is 0 Å². The second-order valence-corrected chi connectivity index (χ2v) is 5.55. The molecule has 0 unspecified atom stereocenters. The largest absolute Gasteiger partial charge is 0.382 e. The summed E-state index contributed by atoms with van der Waals surface area (Å²) in [5.41, 5.74) is 10.0. The molecule has 0 saturated carbocycles. The minimum atomic E-state index is 0.526. The average Bonchev–Trinajstić information content (AvgIpc) is 3.00. The van der Waals surface area contributed by atoms with Gasteiger partial charge in [0.05, 0.1) is 11.3 Å². The molecular formula is C14H16N6S. The number of hydrogen-bond donors (Lipinski definition) is 2. The fourth-order valence-electron chi connectivity index (χ4n) is 2.21. The van der Waals surface area contributed by atoms with Crippen molar-refractivity contribution in [2.75, 3.05) is 11.1 Å². The average molecular weight is 300 g/mol. The Labute approximate surface area is 126 Å². The molecule has 3 heterocycles. The van der Waals surface area contributed by atoms with Gasteiger partial charge in [-0.3, -0.25) is 9.67 Å². The lowest BCUT2D eigenvalue weighted by molar-refractivity contribution is 0.756. The van der Waals surface area contributed by atoms with Crippen molar-refractivity contribution in [3.05, 3.63) is 42.0 Å². The lowest BCUT2D eigenvalue weighted by atomic mass is 10.1. The van der Waals surface area contributed by atoms with Crippen LogP contribution in [-0.2, 0) is 13.6 Å². The second kappa shape index (κ2) is 5.53. The van der Waals surface area contributed by atoms with Crippen molar-refractivity contribution in [3.63, 3.8) is 0 Å². The van der Waals surface area contributed by atoms with E-state index in [4.69, 9.17) is 5.73 Å². The third-order valence-electron chi connectivity index (χ3n) is 3.22. The highest BCUT2D eigenvalue weighted by molar-refractivity contribution is 7.11. The zero-order valence-electron chi connectivity index (χ0n) is 11.9. The van der Waals surface area contributed by atoms with Gasteiger partial charge >= 0.3 is 0 Å².